The molecule has 2 atom stereocenters. The van der Waals surface area contributed by atoms with Gasteiger partial charge in [-0.3, -0.25) is 9.69 Å². The summed E-state index contributed by atoms with van der Waals surface area (Å²) in [5.74, 6) is 0.00422. The average molecular weight is 277 g/mol. The molecule has 0 aromatic carbocycles. The second kappa shape index (κ2) is 5.56. The van der Waals surface area contributed by atoms with Gasteiger partial charge in [0.25, 0.3) is 0 Å². The molecule has 0 spiro atoms. The third-order valence-corrected chi connectivity index (χ3v) is 4.76. The van der Waals surface area contributed by atoms with Crippen molar-refractivity contribution in [1.29, 1.82) is 0 Å². The number of hydrogen-bond acceptors (Lipinski definition) is 3. The molecule has 0 bridgehead atoms. The summed E-state index contributed by atoms with van der Waals surface area (Å²) in [4.78, 5) is 18.5. The second-order valence-corrected chi connectivity index (χ2v) is 5.87. The lowest BCUT2D eigenvalue weighted by atomic mass is 9.96. The molecule has 110 valence electrons. The van der Waals surface area contributed by atoms with Gasteiger partial charge in [-0.1, -0.05) is 13.3 Å². The van der Waals surface area contributed by atoms with Crippen LogP contribution in [-0.4, -0.2) is 38.6 Å². The van der Waals surface area contributed by atoms with Crippen LogP contribution in [0.15, 0.2) is 6.20 Å². The number of carboxylic acids is 1. The number of carboxylic acid groups (broad SMARTS) is 1. The normalized spacial score (nSPS) is 27.2. The van der Waals surface area contributed by atoms with Gasteiger partial charge in [-0.05, 0) is 38.8 Å². The molecule has 2 unspecified atom stereocenters. The van der Waals surface area contributed by atoms with Crippen LogP contribution < -0.4 is 0 Å². The highest BCUT2D eigenvalue weighted by Gasteiger charge is 2.33. The molecular formula is C15H23N3O2. The highest BCUT2D eigenvalue weighted by Crippen LogP contribution is 2.35. The quantitative estimate of drug-likeness (QED) is 0.921. The number of aliphatic carboxylic acids is 1. The second-order valence-electron chi connectivity index (χ2n) is 5.87. The maximum atomic E-state index is 11.4. The van der Waals surface area contributed by atoms with Gasteiger partial charge in [-0.25, -0.2) is 4.98 Å². The molecule has 5 heteroatoms. The van der Waals surface area contributed by atoms with Crippen LogP contribution >= 0.6 is 0 Å². The molecule has 20 heavy (non-hydrogen) atoms. The minimum Gasteiger partial charge on any atom is -0.481 e. The van der Waals surface area contributed by atoms with E-state index in [1.54, 1.807) is 6.20 Å². The van der Waals surface area contributed by atoms with E-state index in [1.807, 2.05) is 0 Å². The first-order chi connectivity index (χ1) is 9.72. The Morgan fingerprint density at radius 1 is 1.35 bits per heavy atom. The van der Waals surface area contributed by atoms with Crippen LogP contribution in [0.5, 0.6) is 0 Å². The predicted molar refractivity (Wildman–Crippen MR) is 75.7 cm³/mol. The molecule has 5 nitrogen and oxygen atoms in total. The van der Waals surface area contributed by atoms with E-state index >= 15 is 0 Å². The van der Waals surface area contributed by atoms with Crippen LogP contribution in [0.3, 0.4) is 0 Å². The van der Waals surface area contributed by atoms with E-state index in [4.69, 9.17) is 0 Å². The predicted octanol–water partition coefficient (Wildman–Crippen LogP) is 2.39. The number of hydrogen-bond donors (Lipinski definition) is 1. The summed E-state index contributed by atoms with van der Waals surface area (Å²) in [5.41, 5.74) is 0.903. The van der Waals surface area contributed by atoms with E-state index in [9.17, 15) is 9.90 Å². The van der Waals surface area contributed by atoms with E-state index < -0.39 is 5.97 Å². The molecular weight excluding hydrogens is 254 g/mol. The fourth-order valence-corrected chi connectivity index (χ4v) is 3.70. The van der Waals surface area contributed by atoms with Crippen LogP contribution in [-0.2, 0) is 11.3 Å². The van der Waals surface area contributed by atoms with E-state index in [0.29, 0.717) is 6.04 Å². The maximum absolute atomic E-state index is 11.4. The molecule has 1 N–H and O–H groups in total. The molecule has 0 saturated carbocycles. The Morgan fingerprint density at radius 3 is 2.95 bits per heavy atom. The van der Waals surface area contributed by atoms with Crippen molar-refractivity contribution in [1.82, 2.24) is 14.5 Å². The highest BCUT2D eigenvalue weighted by molar-refractivity contribution is 5.75. The molecule has 3 heterocycles. The lowest BCUT2D eigenvalue weighted by Crippen LogP contribution is -2.35. The summed E-state index contributed by atoms with van der Waals surface area (Å²) >= 11 is 0. The van der Waals surface area contributed by atoms with Crippen molar-refractivity contribution < 1.29 is 9.90 Å². The lowest BCUT2D eigenvalue weighted by Gasteiger charge is -2.35. The summed E-state index contributed by atoms with van der Waals surface area (Å²) in [6, 6.07) is 0.370. The number of aromatic nitrogens is 2. The van der Waals surface area contributed by atoms with Crippen LogP contribution in [0.4, 0.5) is 0 Å². The van der Waals surface area contributed by atoms with Crippen molar-refractivity contribution in [3.63, 3.8) is 0 Å². The Hall–Kier alpha value is -1.36. The molecule has 0 radical (unpaired) electrons. The Bertz CT molecular complexity index is 497. The monoisotopic (exact) mass is 277 g/mol. The van der Waals surface area contributed by atoms with Crippen LogP contribution in [0, 0.1) is 0 Å². The van der Waals surface area contributed by atoms with Gasteiger partial charge in [0.05, 0.1) is 17.7 Å². The summed E-state index contributed by atoms with van der Waals surface area (Å²) in [5, 5.41) is 9.35. The largest absolute Gasteiger partial charge is 0.481 e. The topological polar surface area (TPSA) is 58.4 Å². The number of likely N-dealkylation sites (tertiary alicyclic amines) is 1. The van der Waals surface area contributed by atoms with E-state index in [2.05, 4.69) is 21.4 Å². The minimum absolute atomic E-state index is 0.370. The van der Waals surface area contributed by atoms with Crippen LogP contribution in [0.1, 0.15) is 62.5 Å². The fraction of sp³-hybridized carbons (Fsp3) is 0.733. The SMILES string of the molecule is CCN1CCCCC1c1ncc2n1CCCC2C(=O)O. The molecule has 2 aliphatic rings. The summed E-state index contributed by atoms with van der Waals surface area (Å²) in [6.45, 7) is 5.28. The first-order valence-corrected chi connectivity index (χ1v) is 7.74. The summed E-state index contributed by atoms with van der Waals surface area (Å²) in [6.07, 6.45) is 7.12. The van der Waals surface area contributed by atoms with Crippen molar-refractivity contribution in [3.8, 4) is 0 Å². The number of rotatable bonds is 3. The van der Waals surface area contributed by atoms with Crippen molar-refractivity contribution in [3.05, 3.63) is 17.7 Å². The lowest BCUT2D eigenvalue weighted by molar-refractivity contribution is -0.139. The van der Waals surface area contributed by atoms with Crippen LogP contribution in [0.2, 0.25) is 0 Å². The minimum atomic E-state index is -0.714. The van der Waals surface area contributed by atoms with E-state index in [0.717, 1.165) is 50.4 Å². The Morgan fingerprint density at radius 2 is 2.20 bits per heavy atom. The van der Waals surface area contributed by atoms with E-state index in [-0.39, 0.29) is 5.92 Å². The Kier molecular flexibility index (Phi) is 3.78. The molecule has 1 aromatic heterocycles. The Balaban J connectivity index is 1.93. The van der Waals surface area contributed by atoms with Crippen molar-refractivity contribution >= 4 is 5.97 Å². The van der Waals surface area contributed by atoms with Gasteiger partial charge >= 0.3 is 5.97 Å². The van der Waals surface area contributed by atoms with Crippen molar-refractivity contribution in [2.45, 2.75) is 57.5 Å². The molecule has 1 saturated heterocycles. The first kappa shape index (κ1) is 13.6. The van der Waals surface area contributed by atoms with Gasteiger partial charge in [0, 0.05) is 12.7 Å². The third-order valence-electron chi connectivity index (χ3n) is 4.76. The maximum Gasteiger partial charge on any atom is 0.312 e. The Labute approximate surface area is 119 Å². The number of imidazole rings is 1. The zero-order valence-electron chi connectivity index (χ0n) is 12.1. The van der Waals surface area contributed by atoms with Gasteiger partial charge in [0.1, 0.15) is 5.82 Å². The molecule has 3 rings (SSSR count). The first-order valence-electron chi connectivity index (χ1n) is 7.74. The smallest absolute Gasteiger partial charge is 0.312 e. The van der Waals surface area contributed by atoms with Crippen molar-refractivity contribution in [2.75, 3.05) is 13.1 Å². The van der Waals surface area contributed by atoms with Gasteiger partial charge < -0.3 is 9.67 Å². The zero-order valence-corrected chi connectivity index (χ0v) is 12.1. The molecule has 2 aliphatic heterocycles. The summed E-state index contributed by atoms with van der Waals surface area (Å²) < 4.78 is 2.18. The molecule has 0 aliphatic carbocycles. The average Bonchev–Trinajstić information content (AvgIpc) is 2.90. The zero-order chi connectivity index (χ0) is 14.1. The van der Waals surface area contributed by atoms with Gasteiger partial charge in [-0.2, -0.15) is 0 Å². The number of nitrogens with zero attached hydrogens (tertiary/aromatic N) is 3. The number of fused-ring (bicyclic) bond motifs is 1. The summed E-state index contributed by atoms with van der Waals surface area (Å²) in [7, 11) is 0. The highest BCUT2D eigenvalue weighted by atomic mass is 16.4. The van der Waals surface area contributed by atoms with E-state index in [1.165, 1.54) is 12.8 Å². The van der Waals surface area contributed by atoms with Gasteiger partial charge in [0.2, 0.25) is 0 Å². The number of carbonyl (C=O) groups is 1. The standard InChI is InChI=1S/C15H23N3O2/c1-2-17-8-4-3-7-12(17)14-16-10-13-11(15(19)20)6-5-9-18(13)14/h10-12H,2-9H2,1H3,(H,19,20). The van der Waals surface area contributed by atoms with Gasteiger partial charge in [0.15, 0.2) is 0 Å². The fourth-order valence-electron chi connectivity index (χ4n) is 3.70. The number of piperidine rings is 1. The molecule has 0 amide bonds. The molecule has 1 aromatic rings. The molecule has 1 fully saturated rings. The third kappa shape index (κ3) is 2.24. The van der Waals surface area contributed by atoms with Crippen LogP contribution in [0.25, 0.3) is 0 Å². The van der Waals surface area contributed by atoms with Gasteiger partial charge in [-0.15, -0.1) is 0 Å². The van der Waals surface area contributed by atoms with Crippen molar-refractivity contribution in [2.24, 2.45) is 0 Å².